The third kappa shape index (κ3) is 4.49. The van der Waals surface area contributed by atoms with Crippen molar-refractivity contribution in [1.82, 2.24) is 9.78 Å². The Morgan fingerprint density at radius 3 is 2.58 bits per heavy atom. The summed E-state index contributed by atoms with van der Waals surface area (Å²) in [6.07, 6.45) is 2.96. The molecule has 4 nitrogen and oxygen atoms in total. The number of alkyl halides is 2. The molecule has 0 spiro atoms. The molecule has 0 aliphatic carbocycles. The van der Waals surface area contributed by atoms with Crippen LogP contribution in [0.4, 0.5) is 8.78 Å². The Balaban J connectivity index is 2.22. The molecular weight excluding hydrogens is 362 g/mol. The lowest BCUT2D eigenvalue weighted by Crippen LogP contribution is -2.08. The van der Waals surface area contributed by atoms with Gasteiger partial charge in [0.05, 0.1) is 10.7 Å². The molecule has 2 aromatic rings. The summed E-state index contributed by atoms with van der Waals surface area (Å²) in [6.45, 7) is 4.62. The van der Waals surface area contributed by atoms with E-state index in [1.165, 1.54) is 10.7 Å². The minimum Gasteiger partial charge on any atom is -0.487 e. The molecule has 2 rings (SSSR count). The molecule has 0 atom stereocenters. The van der Waals surface area contributed by atoms with Gasteiger partial charge in [0.2, 0.25) is 0 Å². The number of halogens is 3. The van der Waals surface area contributed by atoms with Crippen molar-refractivity contribution in [2.75, 3.05) is 0 Å². The Kier molecular flexibility index (Phi) is 6.18. The topological polar surface area (TPSA) is 44.1 Å². The number of aldehydes is 1. The Labute approximate surface area is 156 Å². The predicted octanol–water partition coefficient (Wildman–Crippen LogP) is 5.06. The van der Waals surface area contributed by atoms with E-state index < -0.39 is 5.92 Å². The molecule has 0 bridgehead atoms. The van der Waals surface area contributed by atoms with Crippen molar-refractivity contribution >= 4 is 23.5 Å². The van der Waals surface area contributed by atoms with Crippen LogP contribution in [0.2, 0.25) is 5.02 Å². The van der Waals surface area contributed by atoms with Crippen LogP contribution in [0.15, 0.2) is 24.3 Å². The monoisotopic (exact) mass is 382 g/mol. The summed E-state index contributed by atoms with van der Waals surface area (Å²) in [7, 11) is 1.59. The number of ether oxygens (including phenoxy) is 1. The largest absolute Gasteiger partial charge is 0.487 e. The molecule has 0 unspecified atom stereocenters. The van der Waals surface area contributed by atoms with Crippen molar-refractivity contribution in [3.63, 3.8) is 0 Å². The van der Waals surface area contributed by atoms with E-state index in [9.17, 15) is 13.6 Å². The van der Waals surface area contributed by atoms with Crippen LogP contribution in [0.5, 0.6) is 5.75 Å². The highest BCUT2D eigenvalue weighted by Crippen LogP contribution is 2.33. The SMILES string of the molecule is C/C=C(/CC=O)c1c(C)cc(OCc2cc(C(C)(F)F)nn2C)cc1Cl. The zero-order chi connectivity index (χ0) is 19.5. The highest BCUT2D eigenvalue weighted by atomic mass is 35.5. The number of nitrogens with zero attached hydrogens (tertiary/aromatic N) is 2. The van der Waals surface area contributed by atoms with Crippen LogP contribution >= 0.6 is 11.6 Å². The van der Waals surface area contributed by atoms with Crippen molar-refractivity contribution in [3.8, 4) is 5.75 Å². The normalized spacial score (nSPS) is 12.3. The summed E-state index contributed by atoms with van der Waals surface area (Å²) >= 11 is 6.37. The fraction of sp³-hybridized carbons (Fsp3) is 0.368. The molecule has 26 heavy (non-hydrogen) atoms. The molecule has 0 aliphatic rings. The smallest absolute Gasteiger partial charge is 0.288 e. The fourth-order valence-electron chi connectivity index (χ4n) is 2.67. The molecule has 0 N–H and O–H groups in total. The van der Waals surface area contributed by atoms with E-state index in [1.54, 1.807) is 19.2 Å². The van der Waals surface area contributed by atoms with Gasteiger partial charge in [-0.1, -0.05) is 17.7 Å². The first-order valence-corrected chi connectivity index (χ1v) is 8.48. The predicted molar refractivity (Wildman–Crippen MR) is 97.6 cm³/mol. The van der Waals surface area contributed by atoms with E-state index in [-0.39, 0.29) is 18.7 Å². The Morgan fingerprint density at radius 1 is 1.38 bits per heavy atom. The van der Waals surface area contributed by atoms with Crippen LogP contribution in [-0.4, -0.2) is 16.1 Å². The molecule has 0 saturated heterocycles. The number of hydrogen-bond donors (Lipinski definition) is 0. The van der Waals surface area contributed by atoms with Gasteiger partial charge in [-0.05, 0) is 48.7 Å². The van der Waals surface area contributed by atoms with Gasteiger partial charge < -0.3 is 9.53 Å². The second kappa shape index (κ2) is 7.99. The van der Waals surface area contributed by atoms with E-state index in [2.05, 4.69) is 5.10 Å². The molecule has 0 saturated carbocycles. The summed E-state index contributed by atoms with van der Waals surface area (Å²) in [4.78, 5) is 10.8. The van der Waals surface area contributed by atoms with Crippen molar-refractivity contribution in [1.29, 1.82) is 0 Å². The van der Waals surface area contributed by atoms with Crippen molar-refractivity contribution in [2.45, 2.75) is 39.7 Å². The first kappa shape index (κ1) is 20.1. The lowest BCUT2D eigenvalue weighted by molar-refractivity contribution is -0.107. The number of aromatic nitrogens is 2. The minimum atomic E-state index is -3.00. The van der Waals surface area contributed by atoms with Gasteiger partial charge in [0.15, 0.2) is 0 Å². The molecule has 1 aromatic heterocycles. The number of allylic oxidation sites excluding steroid dienone is 2. The molecular formula is C19H21ClF2N2O2. The van der Waals surface area contributed by atoms with Crippen molar-refractivity contribution in [2.24, 2.45) is 7.05 Å². The standard InChI is InChI=1S/C19H21ClF2N2O2/c1-5-13(6-7-25)18-12(2)8-15(10-16(18)20)26-11-14-9-17(19(3,21)22)23-24(14)4/h5,7-10H,6,11H2,1-4H3/b13-5-. The van der Waals surface area contributed by atoms with Crippen LogP contribution in [0.3, 0.4) is 0 Å². The number of hydrogen-bond acceptors (Lipinski definition) is 3. The van der Waals surface area contributed by atoms with Gasteiger partial charge in [0, 0.05) is 20.4 Å². The fourth-order valence-corrected chi connectivity index (χ4v) is 3.05. The number of rotatable bonds is 7. The third-order valence-corrected chi connectivity index (χ3v) is 4.35. The Morgan fingerprint density at radius 2 is 2.08 bits per heavy atom. The van der Waals surface area contributed by atoms with Crippen LogP contribution in [0.1, 0.15) is 42.8 Å². The first-order chi connectivity index (χ1) is 12.2. The Hall–Kier alpha value is -2.21. The maximum atomic E-state index is 13.4. The van der Waals surface area contributed by atoms with Crippen LogP contribution in [0.25, 0.3) is 5.57 Å². The maximum Gasteiger partial charge on any atom is 0.288 e. The highest BCUT2D eigenvalue weighted by molar-refractivity contribution is 6.32. The van der Waals surface area contributed by atoms with Gasteiger partial charge in [0.1, 0.15) is 24.3 Å². The van der Waals surface area contributed by atoms with Crippen molar-refractivity contribution < 1.29 is 18.3 Å². The van der Waals surface area contributed by atoms with E-state index in [0.29, 0.717) is 16.5 Å². The number of aryl methyl sites for hydroxylation is 2. The summed E-state index contributed by atoms with van der Waals surface area (Å²) in [5.74, 6) is -2.48. The van der Waals surface area contributed by atoms with Gasteiger partial charge in [-0.25, -0.2) is 0 Å². The molecule has 0 fully saturated rings. The van der Waals surface area contributed by atoms with E-state index in [1.807, 2.05) is 19.9 Å². The average molecular weight is 383 g/mol. The second-order valence-electron chi connectivity index (χ2n) is 6.10. The van der Waals surface area contributed by atoms with Gasteiger partial charge in [-0.15, -0.1) is 0 Å². The third-order valence-electron chi connectivity index (χ3n) is 4.05. The van der Waals surface area contributed by atoms with Gasteiger partial charge in [0.25, 0.3) is 5.92 Å². The van der Waals surface area contributed by atoms with Crippen LogP contribution in [-0.2, 0) is 24.4 Å². The number of carbonyl (C=O) groups is 1. The summed E-state index contributed by atoms with van der Waals surface area (Å²) < 4.78 is 33.8. The quantitative estimate of drug-likeness (QED) is 0.628. The summed E-state index contributed by atoms with van der Waals surface area (Å²) in [6, 6.07) is 4.79. The zero-order valence-electron chi connectivity index (χ0n) is 15.1. The molecule has 1 heterocycles. The Bertz CT molecular complexity index is 816. The van der Waals surface area contributed by atoms with Crippen LogP contribution < -0.4 is 4.74 Å². The van der Waals surface area contributed by atoms with Crippen molar-refractivity contribution in [3.05, 3.63) is 51.8 Å². The van der Waals surface area contributed by atoms with Gasteiger partial charge in [-0.3, -0.25) is 4.68 Å². The van der Waals surface area contributed by atoms with E-state index in [4.69, 9.17) is 16.3 Å². The van der Waals surface area contributed by atoms with E-state index in [0.717, 1.165) is 29.9 Å². The molecule has 7 heteroatoms. The minimum absolute atomic E-state index is 0.0828. The summed E-state index contributed by atoms with van der Waals surface area (Å²) in [5, 5.41) is 4.29. The molecule has 0 radical (unpaired) electrons. The summed E-state index contributed by atoms with van der Waals surface area (Å²) in [5.41, 5.74) is 2.75. The zero-order valence-corrected chi connectivity index (χ0v) is 15.9. The molecule has 140 valence electrons. The first-order valence-electron chi connectivity index (χ1n) is 8.10. The van der Waals surface area contributed by atoms with Crippen LogP contribution in [0, 0.1) is 6.92 Å². The second-order valence-corrected chi connectivity index (χ2v) is 6.51. The van der Waals surface area contributed by atoms with E-state index >= 15 is 0 Å². The number of benzene rings is 1. The average Bonchev–Trinajstić information content (AvgIpc) is 2.92. The number of carbonyl (C=O) groups excluding carboxylic acids is 1. The highest BCUT2D eigenvalue weighted by Gasteiger charge is 2.28. The van der Waals surface area contributed by atoms with Gasteiger partial charge >= 0.3 is 0 Å². The lowest BCUT2D eigenvalue weighted by Gasteiger charge is -2.14. The lowest BCUT2D eigenvalue weighted by atomic mass is 9.98. The molecule has 0 amide bonds. The molecule has 1 aromatic carbocycles. The molecule has 0 aliphatic heterocycles. The maximum absolute atomic E-state index is 13.4. The van der Waals surface area contributed by atoms with Gasteiger partial charge in [-0.2, -0.15) is 13.9 Å².